The van der Waals surface area contributed by atoms with Crippen molar-refractivity contribution in [1.29, 1.82) is 0 Å². The summed E-state index contributed by atoms with van der Waals surface area (Å²) in [6.07, 6.45) is 0. The molecule has 1 saturated heterocycles. The molecular formula is C25H22N4O5. The van der Waals surface area contributed by atoms with E-state index in [1.54, 1.807) is 44.4 Å². The van der Waals surface area contributed by atoms with Gasteiger partial charge in [-0.1, -0.05) is 30.3 Å². The van der Waals surface area contributed by atoms with Gasteiger partial charge in [-0.3, -0.25) is 24.2 Å². The van der Waals surface area contributed by atoms with Crippen molar-refractivity contribution in [3.63, 3.8) is 0 Å². The summed E-state index contributed by atoms with van der Waals surface area (Å²) < 4.78 is 5.25. The molecule has 3 aromatic rings. The maximum absolute atomic E-state index is 13.4. The number of benzene rings is 3. The predicted octanol–water partition coefficient (Wildman–Crippen LogP) is 2.60. The van der Waals surface area contributed by atoms with Crippen LogP contribution in [0.3, 0.4) is 0 Å². The Hall–Kier alpha value is -4.40. The number of hydrogen-bond acceptors (Lipinski definition) is 5. The maximum atomic E-state index is 13.4. The van der Waals surface area contributed by atoms with Crippen molar-refractivity contribution in [2.45, 2.75) is 12.5 Å². The van der Waals surface area contributed by atoms with E-state index < -0.39 is 29.9 Å². The molecule has 172 valence electrons. The summed E-state index contributed by atoms with van der Waals surface area (Å²) in [5.41, 5.74) is 0.290. The van der Waals surface area contributed by atoms with E-state index in [2.05, 4.69) is 10.6 Å². The third-order valence-corrected chi connectivity index (χ3v) is 6.26. The SMILES string of the molecule is COc1ccc2cc([C@@]3(C)NC(=O)N(CC(=O)N4CC(=O)Nc5ccccc54)C3=O)ccc2c1. The van der Waals surface area contributed by atoms with Crippen LogP contribution in [0.15, 0.2) is 60.7 Å². The fourth-order valence-electron chi connectivity index (χ4n) is 4.37. The Labute approximate surface area is 195 Å². The zero-order valence-corrected chi connectivity index (χ0v) is 18.6. The van der Waals surface area contributed by atoms with E-state index in [0.717, 1.165) is 21.4 Å². The highest BCUT2D eigenvalue weighted by atomic mass is 16.5. The molecule has 5 rings (SSSR count). The summed E-state index contributed by atoms with van der Waals surface area (Å²) in [5, 5.41) is 7.25. The molecule has 2 heterocycles. The van der Waals surface area contributed by atoms with Crippen molar-refractivity contribution in [3.05, 3.63) is 66.2 Å². The van der Waals surface area contributed by atoms with Crippen molar-refractivity contribution >= 4 is 45.9 Å². The van der Waals surface area contributed by atoms with Gasteiger partial charge in [-0.2, -0.15) is 0 Å². The standard InChI is InChI=1S/C25H22N4O5/c1-25(17-9-7-16-12-18(34-2)10-8-15(16)11-17)23(32)29(24(33)27-25)14-22(31)28-13-21(30)26-19-5-3-4-6-20(19)28/h3-12H,13-14H2,1-2H3,(H,26,30)(H,27,33)/t25-/m1/s1. The second-order valence-electron chi connectivity index (χ2n) is 8.42. The number of carbonyl (C=O) groups excluding carboxylic acids is 4. The average Bonchev–Trinajstić information content (AvgIpc) is 3.06. The van der Waals surface area contributed by atoms with E-state index in [-0.39, 0.29) is 12.5 Å². The van der Waals surface area contributed by atoms with Crippen LogP contribution in [0.25, 0.3) is 10.8 Å². The van der Waals surface area contributed by atoms with Crippen LogP contribution in [-0.4, -0.2) is 48.9 Å². The van der Waals surface area contributed by atoms with Crippen molar-refractivity contribution in [1.82, 2.24) is 10.2 Å². The van der Waals surface area contributed by atoms with Crippen molar-refractivity contribution in [2.75, 3.05) is 30.4 Å². The summed E-state index contributed by atoms with van der Waals surface area (Å²) in [6, 6.07) is 17.3. The monoisotopic (exact) mass is 458 g/mol. The largest absolute Gasteiger partial charge is 0.497 e. The van der Waals surface area contributed by atoms with Gasteiger partial charge in [0, 0.05) is 0 Å². The first-order chi connectivity index (χ1) is 16.3. The fraction of sp³-hybridized carbons (Fsp3) is 0.200. The number of nitrogens with one attached hydrogen (secondary N) is 2. The normalized spacial score (nSPS) is 19.6. The van der Waals surface area contributed by atoms with Crippen LogP contribution in [0.5, 0.6) is 5.75 Å². The van der Waals surface area contributed by atoms with E-state index in [4.69, 9.17) is 4.74 Å². The van der Waals surface area contributed by atoms with Gasteiger partial charge in [0.15, 0.2) is 0 Å². The van der Waals surface area contributed by atoms with E-state index in [9.17, 15) is 19.2 Å². The number of ether oxygens (including phenoxy) is 1. The first kappa shape index (κ1) is 21.4. The van der Waals surface area contributed by atoms with E-state index in [1.807, 2.05) is 30.3 Å². The highest BCUT2D eigenvalue weighted by Crippen LogP contribution is 2.33. The number of hydrogen-bond donors (Lipinski definition) is 2. The molecule has 0 bridgehead atoms. The summed E-state index contributed by atoms with van der Waals surface area (Å²) in [6.45, 7) is 0.948. The summed E-state index contributed by atoms with van der Waals surface area (Å²) in [4.78, 5) is 53.5. The third kappa shape index (κ3) is 3.42. The Bertz CT molecular complexity index is 1370. The van der Waals surface area contributed by atoms with E-state index >= 15 is 0 Å². The molecule has 9 heteroatoms. The Morgan fingerprint density at radius 2 is 1.76 bits per heavy atom. The van der Waals surface area contributed by atoms with Crippen molar-refractivity contribution in [2.24, 2.45) is 0 Å². The van der Waals surface area contributed by atoms with Crippen LogP contribution in [0, 0.1) is 0 Å². The third-order valence-electron chi connectivity index (χ3n) is 6.26. The number of anilines is 2. The minimum atomic E-state index is -1.33. The lowest BCUT2D eigenvalue weighted by atomic mass is 9.90. The topological polar surface area (TPSA) is 108 Å². The lowest BCUT2D eigenvalue weighted by molar-refractivity contribution is -0.134. The molecule has 34 heavy (non-hydrogen) atoms. The number of imide groups is 1. The van der Waals surface area contributed by atoms with Gasteiger partial charge in [0.1, 0.15) is 24.4 Å². The van der Waals surface area contributed by atoms with E-state index in [0.29, 0.717) is 16.9 Å². The van der Waals surface area contributed by atoms with Crippen LogP contribution in [0.1, 0.15) is 12.5 Å². The molecule has 9 nitrogen and oxygen atoms in total. The predicted molar refractivity (Wildman–Crippen MR) is 126 cm³/mol. The molecule has 0 aromatic heterocycles. The molecule has 5 amide bonds. The van der Waals surface area contributed by atoms with Gasteiger partial charge in [-0.15, -0.1) is 0 Å². The molecule has 1 fully saturated rings. The molecule has 0 radical (unpaired) electrons. The molecule has 0 spiro atoms. The second kappa shape index (κ2) is 7.87. The Kier molecular flexibility index (Phi) is 4.97. The zero-order valence-electron chi connectivity index (χ0n) is 18.6. The fourth-order valence-corrected chi connectivity index (χ4v) is 4.37. The second-order valence-corrected chi connectivity index (χ2v) is 8.42. The van der Waals surface area contributed by atoms with Gasteiger partial charge in [0.2, 0.25) is 11.8 Å². The number of nitrogens with zero attached hydrogens (tertiary/aromatic N) is 2. The molecule has 2 N–H and O–H groups in total. The lowest BCUT2D eigenvalue weighted by Gasteiger charge is -2.30. The van der Waals surface area contributed by atoms with Gasteiger partial charge in [-0.05, 0) is 53.6 Å². The molecule has 0 unspecified atom stereocenters. The summed E-state index contributed by atoms with van der Waals surface area (Å²) in [7, 11) is 1.59. The highest BCUT2D eigenvalue weighted by Gasteiger charge is 2.50. The number of carbonyl (C=O) groups is 4. The van der Waals surface area contributed by atoms with Gasteiger partial charge in [0.05, 0.1) is 18.5 Å². The molecule has 1 atom stereocenters. The van der Waals surface area contributed by atoms with Gasteiger partial charge in [-0.25, -0.2) is 4.79 Å². The number of urea groups is 1. The molecular weight excluding hydrogens is 436 g/mol. The van der Waals surface area contributed by atoms with Crippen LogP contribution in [0.4, 0.5) is 16.2 Å². The minimum Gasteiger partial charge on any atom is -0.497 e. The van der Waals surface area contributed by atoms with Gasteiger partial charge in [0.25, 0.3) is 5.91 Å². The number of methoxy groups -OCH3 is 1. The number of para-hydroxylation sites is 2. The lowest BCUT2D eigenvalue weighted by Crippen LogP contribution is -2.48. The van der Waals surface area contributed by atoms with Gasteiger partial charge >= 0.3 is 6.03 Å². The molecule has 0 saturated carbocycles. The molecule has 3 aromatic carbocycles. The zero-order chi connectivity index (χ0) is 24.0. The maximum Gasteiger partial charge on any atom is 0.325 e. The number of rotatable bonds is 4. The highest BCUT2D eigenvalue weighted by molar-refractivity contribution is 6.14. The van der Waals surface area contributed by atoms with Crippen molar-refractivity contribution in [3.8, 4) is 5.75 Å². The first-order valence-electron chi connectivity index (χ1n) is 10.7. The molecule has 0 aliphatic carbocycles. The quantitative estimate of drug-likeness (QED) is 0.585. The number of amides is 5. The molecule has 2 aliphatic rings. The van der Waals surface area contributed by atoms with E-state index in [1.165, 1.54) is 4.90 Å². The summed E-state index contributed by atoms with van der Waals surface area (Å²) >= 11 is 0. The smallest absolute Gasteiger partial charge is 0.325 e. The average molecular weight is 458 g/mol. The number of fused-ring (bicyclic) bond motifs is 2. The van der Waals surface area contributed by atoms with Crippen molar-refractivity contribution < 1.29 is 23.9 Å². The van der Waals surface area contributed by atoms with Crippen LogP contribution < -0.4 is 20.3 Å². The Morgan fingerprint density at radius 3 is 2.56 bits per heavy atom. The van der Waals surface area contributed by atoms with Gasteiger partial charge < -0.3 is 15.4 Å². The van der Waals surface area contributed by atoms with Crippen LogP contribution >= 0.6 is 0 Å². The Morgan fingerprint density at radius 1 is 1.03 bits per heavy atom. The summed E-state index contributed by atoms with van der Waals surface area (Å²) in [5.74, 6) is -0.689. The molecule has 2 aliphatic heterocycles. The first-order valence-corrected chi connectivity index (χ1v) is 10.7. The Balaban J connectivity index is 1.41. The van der Waals surface area contributed by atoms with Crippen LogP contribution in [-0.2, 0) is 19.9 Å². The van der Waals surface area contributed by atoms with Crippen LogP contribution in [0.2, 0.25) is 0 Å². The minimum absolute atomic E-state index is 0.190.